The van der Waals surface area contributed by atoms with Crippen LogP contribution in [0.25, 0.3) is 0 Å². The minimum Gasteiger partial charge on any atom is -0.726 e. The van der Waals surface area contributed by atoms with Crippen LogP contribution in [0, 0.1) is 0 Å². The van der Waals surface area contributed by atoms with Crippen LogP contribution in [0.5, 0.6) is 0 Å². The van der Waals surface area contributed by atoms with E-state index in [4.69, 9.17) is 9.84 Å². The van der Waals surface area contributed by atoms with Crippen LogP contribution in [-0.2, 0) is 19.3 Å². The zero-order valence-electron chi connectivity index (χ0n) is 10.7. The van der Waals surface area contributed by atoms with E-state index in [-0.39, 0.29) is 57.1 Å². The average molecular weight is 358 g/mol. The van der Waals surface area contributed by atoms with E-state index < -0.39 is 53.5 Å². The molecule has 0 radical (unpaired) electrons. The van der Waals surface area contributed by atoms with Gasteiger partial charge in [0, 0.05) is 5.75 Å². The molecular weight excluding hydrogens is 343 g/mol. The number of hydrogen-bond donors (Lipinski definition) is 4. The van der Waals surface area contributed by atoms with Crippen molar-refractivity contribution in [3.05, 3.63) is 0 Å². The van der Waals surface area contributed by atoms with Crippen molar-refractivity contribution in [3.8, 4) is 0 Å². The molecule has 0 aromatic carbocycles. The third kappa shape index (κ3) is 6.83. The van der Waals surface area contributed by atoms with Crippen LogP contribution < -0.4 is 51.4 Å². The van der Waals surface area contributed by atoms with Gasteiger partial charge < -0.3 is 29.7 Å². The summed E-state index contributed by atoms with van der Waals surface area (Å²) in [4.78, 5) is 0. The van der Waals surface area contributed by atoms with Crippen molar-refractivity contribution in [2.75, 3.05) is 19.0 Å². The van der Waals surface area contributed by atoms with Gasteiger partial charge in [0.05, 0.1) is 13.2 Å². The van der Waals surface area contributed by atoms with Crippen LogP contribution in [0.2, 0.25) is 0 Å². The molecule has 0 aromatic heterocycles. The molecule has 1 fully saturated rings. The summed E-state index contributed by atoms with van der Waals surface area (Å²) in [6.45, 7) is -0.959. The number of rotatable bonds is 6. The Balaban J connectivity index is 0.00000361. The fourth-order valence-electron chi connectivity index (χ4n) is 1.51. The number of hydrogen-bond acceptors (Lipinski definition) is 10. The molecular formula is C8H15KO9S2. The number of ether oxygens (including phenoxy) is 1. The number of thioether (sulfide) groups is 1. The van der Waals surface area contributed by atoms with Crippen molar-refractivity contribution in [3.63, 3.8) is 0 Å². The Labute approximate surface area is 163 Å². The summed E-state index contributed by atoms with van der Waals surface area (Å²) < 4.78 is 39.6. The van der Waals surface area contributed by atoms with E-state index in [2.05, 4.69) is 4.18 Å². The van der Waals surface area contributed by atoms with Crippen LogP contribution in [-0.4, -0.2) is 82.2 Å². The first kappa shape index (κ1) is 21.7. The van der Waals surface area contributed by atoms with Gasteiger partial charge in [0.2, 0.25) is 10.4 Å². The topological polar surface area (TPSA) is 157 Å². The Kier molecular flexibility index (Phi) is 10.5. The summed E-state index contributed by atoms with van der Waals surface area (Å²) in [6.07, 6.45) is -5.38. The maximum absolute atomic E-state index is 10.2. The van der Waals surface area contributed by atoms with Gasteiger partial charge in [-0.15, -0.1) is 11.8 Å². The van der Waals surface area contributed by atoms with Gasteiger partial charge in [-0.2, -0.15) is 0 Å². The SMILES string of the molecule is O=S(=O)([O-])OCCS[C@@H]1O[C@H](CO)[C@@H](O)[C@H](O)[C@H]1O.[K+]. The molecule has 1 heterocycles. The summed E-state index contributed by atoms with van der Waals surface area (Å²) in [5, 5.41) is 37.5. The van der Waals surface area contributed by atoms with Gasteiger partial charge in [-0.25, -0.2) is 8.42 Å². The predicted octanol–water partition coefficient (Wildman–Crippen LogP) is -6.00. The standard InChI is InChI=1S/C8H16O9S2.K/c9-3-4-5(10)6(11)7(12)8(17-4)18-2-1-16-19(13,14)15;/h4-12H,1-3H2,(H,13,14,15);/q;+1/p-1/t4-,5-,6+,7-,8+;/m1./s1. The summed E-state index contributed by atoms with van der Waals surface area (Å²) in [6, 6.07) is 0. The molecule has 0 saturated carbocycles. The number of aliphatic hydroxyl groups excluding tert-OH is 4. The molecule has 114 valence electrons. The third-order valence-corrected chi connectivity index (χ3v) is 4.02. The van der Waals surface area contributed by atoms with Crippen molar-refractivity contribution in [1.29, 1.82) is 0 Å². The first-order chi connectivity index (χ1) is 8.76. The quantitative estimate of drug-likeness (QED) is 0.156. The smallest absolute Gasteiger partial charge is 0.726 e. The second-order valence-corrected chi connectivity index (χ2v) is 6.06. The van der Waals surface area contributed by atoms with E-state index in [1.807, 2.05) is 0 Å². The van der Waals surface area contributed by atoms with Gasteiger partial charge in [-0.05, 0) is 0 Å². The second kappa shape index (κ2) is 9.72. The van der Waals surface area contributed by atoms with Crippen LogP contribution in [0.4, 0.5) is 0 Å². The molecule has 0 aromatic rings. The Morgan fingerprint density at radius 3 is 2.30 bits per heavy atom. The summed E-state index contributed by atoms with van der Waals surface area (Å²) in [5.74, 6) is 0.00413. The van der Waals surface area contributed by atoms with Crippen LogP contribution >= 0.6 is 11.8 Å². The van der Waals surface area contributed by atoms with Gasteiger partial charge in [0.25, 0.3) is 0 Å². The fourth-order valence-corrected chi connectivity index (χ4v) is 2.89. The molecule has 0 aliphatic carbocycles. The predicted molar refractivity (Wildman–Crippen MR) is 61.9 cm³/mol. The molecule has 20 heavy (non-hydrogen) atoms. The van der Waals surface area contributed by atoms with Crippen molar-refractivity contribution >= 4 is 22.2 Å². The minimum absolute atomic E-state index is 0. The Morgan fingerprint density at radius 1 is 1.20 bits per heavy atom. The Hall–Kier alpha value is 1.66. The van der Waals surface area contributed by atoms with E-state index in [9.17, 15) is 28.3 Å². The monoisotopic (exact) mass is 358 g/mol. The second-order valence-electron chi connectivity index (χ2n) is 3.80. The molecule has 1 saturated heterocycles. The van der Waals surface area contributed by atoms with Crippen LogP contribution in [0.3, 0.4) is 0 Å². The first-order valence-corrected chi connectivity index (χ1v) is 7.67. The molecule has 0 amide bonds. The molecule has 12 heteroatoms. The average Bonchev–Trinajstić information content (AvgIpc) is 2.33. The summed E-state index contributed by atoms with van der Waals surface area (Å²) in [5.41, 5.74) is -0.978. The van der Waals surface area contributed by atoms with Gasteiger partial charge in [0.15, 0.2) is 0 Å². The van der Waals surface area contributed by atoms with E-state index in [1.54, 1.807) is 0 Å². The molecule has 5 atom stereocenters. The van der Waals surface area contributed by atoms with Crippen molar-refractivity contribution in [2.24, 2.45) is 0 Å². The molecule has 1 aliphatic rings. The van der Waals surface area contributed by atoms with E-state index in [0.29, 0.717) is 0 Å². The van der Waals surface area contributed by atoms with Crippen molar-refractivity contribution in [1.82, 2.24) is 0 Å². The van der Waals surface area contributed by atoms with Gasteiger partial charge in [-0.1, -0.05) is 0 Å². The maximum Gasteiger partial charge on any atom is 1.00 e. The molecule has 0 unspecified atom stereocenters. The summed E-state index contributed by atoms with van der Waals surface area (Å²) >= 11 is 0.888. The van der Waals surface area contributed by atoms with E-state index in [1.165, 1.54) is 0 Å². The largest absolute Gasteiger partial charge is 1.00 e. The molecule has 4 N–H and O–H groups in total. The number of aliphatic hydroxyl groups is 4. The van der Waals surface area contributed by atoms with Crippen molar-refractivity contribution < 1.29 is 93.7 Å². The van der Waals surface area contributed by atoms with Crippen molar-refractivity contribution in [2.45, 2.75) is 29.9 Å². The van der Waals surface area contributed by atoms with E-state index >= 15 is 0 Å². The Bertz CT molecular complexity index is 376. The normalized spacial score (nSPS) is 34.5. The van der Waals surface area contributed by atoms with Crippen LogP contribution in [0.1, 0.15) is 0 Å². The minimum atomic E-state index is -4.77. The van der Waals surface area contributed by atoms with Crippen LogP contribution in [0.15, 0.2) is 0 Å². The zero-order valence-corrected chi connectivity index (χ0v) is 15.4. The molecule has 1 rings (SSSR count). The molecule has 0 spiro atoms. The van der Waals surface area contributed by atoms with E-state index in [0.717, 1.165) is 11.8 Å². The van der Waals surface area contributed by atoms with Gasteiger partial charge >= 0.3 is 51.4 Å². The first-order valence-electron chi connectivity index (χ1n) is 5.28. The van der Waals surface area contributed by atoms with Gasteiger partial charge in [0.1, 0.15) is 29.9 Å². The maximum atomic E-state index is 10.2. The van der Waals surface area contributed by atoms with Gasteiger partial charge in [-0.3, -0.25) is 4.18 Å². The molecule has 1 aliphatic heterocycles. The fraction of sp³-hybridized carbons (Fsp3) is 1.00. The zero-order chi connectivity index (χ0) is 14.6. The third-order valence-electron chi connectivity index (χ3n) is 2.44. The summed E-state index contributed by atoms with van der Waals surface area (Å²) in [7, 11) is -4.77. The Morgan fingerprint density at radius 2 is 1.80 bits per heavy atom. The molecule has 0 bridgehead atoms. The molecule has 9 nitrogen and oxygen atoms in total.